The van der Waals surface area contributed by atoms with E-state index in [0.717, 1.165) is 17.9 Å². The second-order valence-corrected chi connectivity index (χ2v) is 4.60. The van der Waals surface area contributed by atoms with E-state index in [1.165, 1.54) is 45.6 Å². The Labute approximate surface area is 116 Å². The quantitative estimate of drug-likeness (QED) is 0.421. The molecule has 0 aromatic rings. The second-order valence-electron chi connectivity index (χ2n) is 4.60. The van der Waals surface area contributed by atoms with Crippen molar-refractivity contribution < 1.29 is 9.59 Å². The van der Waals surface area contributed by atoms with E-state index < -0.39 is 12.1 Å². The fourth-order valence-electron chi connectivity index (χ4n) is 1.85. The number of amides is 4. The van der Waals surface area contributed by atoms with Gasteiger partial charge in [0.25, 0.3) is 0 Å². The molecule has 19 heavy (non-hydrogen) atoms. The van der Waals surface area contributed by atoms with Gasteiger partial charge >= 0.3 is 12.1 Å². The molecule has 0 aliphatic heterocycles. The van der Waals surface area contributed by atoms with Crippen LogP contribution < -0.4 is 16.5 Å². The number of nitrogens with one attached hydrogen (secondary N) is 2. The van der Waals surface area contributed by atoms with Crippen LogP contribution in [0.5, 0.6) is 0 Å². The first-order valence-corrected chi connectivity index (χ1v) is 7.18. The smallest absolute Gasteiger partial charge is 0.340 e. The van der Waals surface area contributed by atoms with Crippen molar-refractivity contribution in [2.24, 2.45) is 5.73 Å². The Morgan fingerprint density at radius 3 is 2.00 bits per heavy atom. The molecule has 0 fully saturated rings. The molecule has 0 aromatic carbocycles. The molecule has 0 bridgehead atoms. The summed E-state index contributed by atoms with van der Waals surface area (Å²) < 4.78 is 0. The van der Waals surface area contributed by atoms with Crippen LogP contribution in [0.3, 0.4) is 0 Å². The van der Waals surface area contributed by atoms with Crippen molar-refractivity contribution >= 4 is 12.1 Å². The lowest BCUT2D eigenvalue weighted by Crippen LogP contribution is -2.52. The van der Waals surface area contributed by atoms with Crippen molar-refractivity contribution in [3.8, 4) is 0 Å². The zero-order chi connectivity index (χ0) is 14.5. The molecule has 0 heterocycles. The summed E-state index contributed by atoms with van der Waals surface area (Å²) in [6, 6.07) is -1.31. The Hall–Kier alpha value is -1.30. The number of urea groups is 2. The van der Waals surface area contributed by atoms with Crippen LogP contribution in [0.25, 0.3) is 0 Å². The molecule has 0 spiro atoms. The Balaban J connectivity index is 3.43. The standard InChI is InChI=1S/C13H28N4O2/c1-3-4-5-6-7-8-9-10-11-16-13(19)17(15-2)12(14)18/h15H,3-11H2,1-2H3,(H2,14,18)(H,16,19). The Bertz CT molecular complexity index is 259. The predicted molar refractivity (Wildman–Crippen MR) is 76.5 cm³/mol. The molecular formula is C13H28N4O2. The first-order chi connectivity index (χ1) is 9.13. The van der Waals surface area contributed by atoms with E-state index in [2.05, 4.69) is 17.7 Å². The van der Waals surface area contributed by atoms with Gasteiger partial charge in [0.1, 0.15) is 0 Å². The van der Waals surface area contributed by atoms with Crippen LogP contribution in [0.2, 0.25) is 0 Å². The maximum atomic E-state index is 11.5. The number of carbonyl (C=O) groups is 2. The summed E-state index contributed by atoms with van der Waals surface area (Å²) in [6.45, 7) is 2.78. The summed E-state index contributed by atoms with van der Waals surface area (Å²) in [5, 5.41) is 3.40. The van der Waals surface area contributed by atoms with Crippen LogP contribution in [-0.4, -0.2) is 30.7 Å². The molecule has 4 amide bonds. The number of nitrogens with zero attached hydrogens (tertiary/aromatic N) is 1. The average molecular weight is 272 g/mol. The number of nitrogens with two attached hydrogens (primary N) is 1. The summed E-state index contributed by atoms with van der Waals surface area (Å²) in [7, 11) is 1.47. The third kappa shape index (κ3) is 9.30. The lowest BCUT2D eigenvalue weighted by atomic mass is 10.1. The monoisotopic (exact) mass is 272 g/mol. The average Bonchev–Trinajstić information content (AvgIpc) is 2.37. The Morgan fingerprint density at radius 1 is 1.00 bits per heavy atom. The fourth-order valence-corrected chi connectivity index (χ4v) is 1.85. The SMILES string of the molecule is CCCCCCCCCCNC(=O)N(NC)C(N)=O. The summed E-state index contributed by atoms with van der Waals surface area (Å²) in [4.78, 5) is 22.3. The van der Waals surface area contributed by atoms with Gasteiger partial charge in [0, 0.05) is 13.6 Å². The predicted octanol–water partition coefficient (Wildman–Crippen LogP) is 2.35. The van der Waals surface area contributed by atoms with Crippen molar-refractivity contribution in [1.29, 1.82) is 0 Å². The maximum absolute atomic E-state index is 11.5. The summed E-state index contributed by atoms with van der Waals surface area (Å²) in [5.74, 6) is 0. The van der Waals surface area contributed by atoms with Gasteiger partial charge in [-0.2, -0.15) is 5.01 Å². The van der Waals surface area contributed by atoms with Crippen LogP contribution in [-0.2, 0) is 0 Å². The Kier molecular flexibility index (Phi) is 11.0. The van der Waals surface area contributed by atoms with Crippen LogP contribution in [0, 0.1) is 0 Å². The molecular weight excluding hydrogens is 244 g/mol. The van der Waals surface area contributed by atoms with E-state index in [4.69, 9.17) is 5.73 Å². The third-order valence-corrected chi connectivity index (χ3v) is 2.95. The minimum Gasteiger partial charge on any atom is -0.350 e. The van der Waals surface area contributed by atoms with E-state index in [1.807, 2.05) is 0 Å². The molecule has 0 rings (SSSR count). The molecule has 6 nitrogen and oxygen atoms in total. The zero-order valence-electron chi connectivity index (χ0n) is 12.2. The normalized spacial score (nSPS) is 10.2. The highest BCUT2D eigenvalue weighted by molar-refractivity contribution is 5.91. The van der Waals surface area contributed by atoms with E-state index in [1.54, 1.807) is 0 Å². The number of hydrogen-bond acceptors (Lipinski definition) is 3. The minimum absolute atomic E-state index is 0.502. The number of primary amides is 1. The molecule has 0 saturated carbocycles. The number of unbranched alkanes of at least 4 members (excludes halogenated alkanes) is 7. The molecule has 0 unspecified atom stereocenters. The molecule has 0 aliphatic carbocycles. The topological polar surface area (TPSA) is 87.5 Å². The number of carbonyl (C=O) groups excluding carboxylic acids is 2. The van der Waals surface area contributed by atoms with E-state index in [0.29, 0.717) is 6.54 Å². The number of hydrogen-bond donors (Lipinski definition) is 3. The highest BCUT2D eigenvalue weighted by Gasteiger charge is 2.15. The zero-order valence-corrected chi connectivity index (χ0v) is 12.2. The number of rotatable bonds is 10. The van der Waals surface area contributed by atoms with Crippen LogP contribution in [0.4, 0.5) is 9.59 Å². The molecule has 0 aliphatic rings. The lowest BCUT2D eigenvalue weighted by Gasteiger charge is -2.17. The Morgan fingerprint density at radius 2 is 1.53 bits per heavy atom. The summed E-state index contributed by atoms with van der Waals surface area (Å²) >= 11 is 0. The van der Waals surface area contributed by atoms with Gasteiger partial charge in [-0.15, -0.1) is 0 Å². The largest absolute Gasteiger partial charge is 0.350 e. The molecule has 4 N–H and O–H groups in total. The van der Waals surface area contributed by atoms with E-state index >= 15 is 0 Å². The molecule has 112 valence electrons. The van der Waals surface area contributed by atoms with Crippen molar-refractivity contribution in [2.45, 2.75) is 58.3 Å². The van der Waals surface area contributed by atoms with E-state index in [9.17, 15) is 9.59 Å². The molecule has 0 radical (unpaired) electrons. The highest BCUT2D eigenvalue weighted by atomic mass is 16.2. The maximum Gasteiger partial charge on any atom is 0.340 e. The molecule has 6 heteroatoms. The van der Waals surface area contributed by atoms with Gasteiger partial charge in [-0.25, -0.2) is 15.0 Å². The van der Waals surface area contributed by atoms with Crippen LogP contribution >= 0.6 is 0 Å². The van der Waals surface area contributed by atoms with Gasteiger partial charge in [0.15, 0.2) is 0 Å². The van der Waals surface area contributed by atoms with Gasteiger partial charge < -0.3 is 11.1 Å². The van der Waals surface area contributed by atoms with Crippen molar-refractivity contribution in [3.05, 3.63) is 0 Å². The minimum atomic E-state index is -0.809. The fraction of sp³-hybridized carbons (Fsp3) is 0.846. The van der Waals surface area contributed by atoms with Crippen LogP contribution in [0.15, 0.2) is 0 Å². The first-order valence-electron chi connectivity index (χ1n) is 7.18. The van der Waals surface area contributed by atoms with Crippen molar-refractivity contribution in [3.63, 3.8) is 0 Å². The summed E-state index contributed by atoms with van der Waals surface area (Å²) in [6.07, 6.45) is 9.71. The number of imide groups is 1. The van der Waals surface area contributed by atoms with Crippen LogP contribution in [0.1, 0.15) is 58.3 Å². The van der Waals surface area contributed by atoms with Crippen molar-refractivity contribution in [1.82, 2.24) is 15.8 Å². The van der Waals surface area contributed by atoms with Gasteiger partial charge in [0.2, 0.25) is 0 Å². The third-order valence-electron chi connectivity index (χ3n) is 2.95. The molecule has 0 atom stereocenters. The summed E-state index contributed by atoms with van der Waals surface area (Å²) in [5.41, 5.74) is 7.45. The lowest BCUT2D eigenvalue weighted by molar-refractivity contribution is 0.177. The second kappa shape index (κ2) is 11.8. The first kappa shape index (κ1) is 17.7. The van der Waals surface area contributed by atoms with Gasteiger partial charge in [-0.1, -0.05) is 51.9 Å². The number of hydrazine groups is 1. The van der Waals surface area contributed by atoms with Crippen molar-refractivity contribution in [2.75, 3.05) is 13.6 Å². The highest BCUT2D eigenvalue weighted by Crippen LogP contribution is 2.07. The molecule has 0 saturated heterocycles. The van der Waals surface area contributed by atoms with E-state index in [-0.39, 0.29) is 0 Å². The van der Waals surface area contributed by atoms with Gasteiger partial charge in [-0.05, 0) is 6.42 Å². The van der Waals surface area contributed by atoms with Gasteiger partial charge in [0.05, 0.1) is 0 Å². The molecule has 0 aromatic heterocycles. The van der Waals surface area contributed by atoms with Gasteiger partial charge in [-0.3, -0.25) is 0 Å².